The zero-order valence-electron chi connectivity index (χ0n) is 17.2. The van der Waals surface area contributed by atoms with Crippen molar-refractivity contribution in [3.63, 3.8) is 0 Å². The molecular formula is C22H20Cl2N2O5S. The number of halogens is 2. The molecule has 0 bridgehead atoms. The van der Waals surface area contributed by atoms with Crippen LogP contribution in [0.1, 0.15) is 0 Å². The summed E-state index contributed by atoms with van der Waals surface area (Å²) in [6, 6.07) is 16.8. The summed E-state index contributed by atoms with van der Waals surface area (Å²) in [5.41, 5.74) is 0.555. The predicted molar refractivity (Wildman–Crippen MR) is 126 cm³/mol. The van der Waals surface area contributed by atoms with Gasteiger partial charge in [0.05, 0.1) is 30.5 Å². The van der Waals surface area contributed by atoms with Crippen LogP contribution in [0.15, 0.2) is 71.6 Å². The smallest absolute Gasteiger partial charge is 0.264 e. The van der Waals surface area contributed by atoms with Crippen molar-refractivity contribution in [3.8, 4) is 11.5 Å². The summed E-state index contributed by atoms with van der Waals surface area (Å²) in [7, 11) is -1.17. The first-order chi connectivity index (χ1) is 15.2. The monoisotopic (exact) mass is 494 g/mol. The molecule has 32 heavy (non-hydrogen) atoms. The number of sulfonamides is 1. The molecule has 0 unspecified atom stereocenters. The lowest BCUT2D eigenvalue weighted by molar-refractivity contribution is -0.114. The van der Waals surface area contributed by atoms with E-state index in [2.05, 4.69) is 5.32 Å². The number of benzene rings is 3. The summed E-state index contributed by atoms with van der Waals surface area (Å²) in [6.45, 7) is -0.510. The van der Waals surface area contributed by atoms with Gasteiger partial charge in [-0.05, 0) is 60.7 Å². The maximum Gasteiger partial charge on any atom is 0.264 e. The van der Waals surface area contributed by atoms with Crippen LogP contribution in [-0.4, -0.2) is 35.1 Å². The highest BCUT2D eigenvalue weighted by atomic mass is 35.5. The van der Waals surface area contributed by atoms with Gasteiger partial charge in [-0.25, -0.2) is 8.42 Å². The van der Waals surface area contributed by atoms with Gasteiger partial charge in [0.2, 0.25) is 5.91 Å². The molecule has 0 atom stereocenters. The fraction of sp³-hybridized carbons (Fsp3) is 0.136. The van der Waals surface area contributed by atoms with Crippen LogP contribution in [0.4, 0.5) is 11.4 Å². The number of methoxy groups -OCH3 is 2. The van der Waals surface area contributed by atoms with Crippen LogP contribution < -0.4 is 19.1 Å². The molecule has 3 aromatic carbocycles. The van der Waals surface area contributed by atoms with Crippen molar-refractivity contribution < 1.29 is 22.7 Å². The van der Waals surface area contributed by atoms with Crippen molar-refractivity contribution in [1.29, 1.82) is 0 Å². The molecule has 168 valence electrons. The van der Waals surface area contributed by atoms with E-state index in [1.807, 2.05) is 0 Å². The number of nitrogens with zero attached hydrogens (tertiary/aromatic N) is 1. The van der Waals surface area contributed by atoms with Gasteiger partial charge in [-0.15, -0.1) is 0 Å². The van der Waals surface area contributed by atoms with E-state index in [-0.39, 0.29) is 10.6 Å². The highest BCUT2D eigenvalue weighted by Gasteiger charge is 2.28. The molecule has 0 aliphatic rings. The zero-order valence-corrected chi connectivity index (χ0v) is 19.5. The summed E-state index contributed by atoms with van der Waals surface area (Å²) < 4.78 is 38.2. The van der Waals surface area contributed by atoms with Crippen molar-refractivity contribution >= 4 is 50.5 Å². The molecular weight excluding hydrogens is 475 g/mol. The van der Waals surface area contributed by atoms with Gasteiger partial charge in [-0.1, -0.05) is 29.3 Å². The van der Waals surface area contributed by atoms with Gasteiger partial charge in [-0.3, -0.25) is 9.10 Å². The normalized spacial score (nSPS) is 11.0. The lowest BCUT2D eigenvalue weighted by Crippen LogP contribution is -2.38. The van der Waals surface area contributed by atoms with Gasteiger partial charge in [0, 0.05) is 10.0 Å². The Bertz CT molecular complexity index is 1220. The summed E-state index contributed by atoms with van der Waals surface area (Å²) >= 11 is 12.1. The number of hydrogen-bond donors (Lipinski definition) is 1. The predicted octanol–water partition coefficient (Wildman–Crippen LogP) is 4.84. The molecule has 1 amide bonds. The molecule has 1 N–H and O–H groups in total. The minimum absolute atomic E-state index is 0.00795. The van der Waals surface area contributed by atoms with Gasteiger partial charge in [0.15, 0.2) is 0 Å². The number of rotatable bonds is 8. The molecule has 0 fully saturated rings. The topological polar surface area (TPSA) is 84.9 Å². The number of carbonyl (C=O) groups is 1. The van der Waals surface area contributed by atoms with Crippen LogP contribution in [0.25, 0.3) is 0 Å². The van der Waals surface area contributed by atoms with Crippen LogP contribution in [0.2, 0.25) is 10.0 Å². The molecule has 0 aliphatic heterocycles. The van der Waals surface area contributed by atoms with E-state index >= 15 is 0 Å². The molecule has 0 spiro atoms. The van der Waals surface area contributed by atoms with Crippen LogP contribution >= 0.6 is 23.2 Å². The fourth-order valence-corrected chi connectivity index (χ4v) is 4.69. The van der Waals surface area contributed by atoms with Crippen molar-refractivity contribution in [3.05, 3.63) is 76.8 Å². The first-order valence-corrected chi connectivity index (χ1v) is 11.5. The highest BCUT2D eigenvalue weighted by molar-refractivity contribution is 7.92. The third-order valence-corrected chi connectivity index (χ3v) is 6.72. The SMILES string of the molecule is COc1ccc(S(=O)(=O)N(CC(=O)Nc2cc(Cl)ccc2OC)c2cccc(Cl)c2)cc1. The minimum Gasteiger partial charge on any atom is -0.497 e. The minimum atomic E-state index is -4.11. The maximum absolute atomic E-state index is 13.4. The molecule has 7 nitrogen and oxygen atoms in total. The van der Waals surface area contributed by atoms with Crippen LogP contribution in [-0.2, 0) is 14.8 Å². The van der Waals surface area contributed by atoms with E-state index in [9.17, 15) is 13.2 Å². The average Bonchev–Trinajstić information content (AvgIpc) is 2.77. The Kier molecular flexibility index (Phi) is 7.50. The fourth-order valence-electron chi connectivity index (χ4n) is 2.92. The van der Waals surface area contributed by atoms with Crippen molar-refractivity contribution in [1.82, 2.24) is 0 Å². The largest absolute Gasteiger partial charge is 0.497 e. The summed E-state index contributed by atoms with van der Waals surface area (Å²) in [5.74, 6) is 0.293. The van der Waals surface area contributed by atoms with E-state index < -0.39 is 22.5 Å². The molecule has 0 radical (unpaired) electrons. The molecule has 0 saturated carbocycles. The molecule has 0 aliphatic carbocycles. The molecule has 0 heterocycles. The lowest BCUT2D eigenvalue weighted by Gasteiger charge is -2.24. The third kappa shape index (κ3) is 5.45. The van der Waals surface area contributed by atoms with Crippen LogP contribution in [0.5, 0.6) is 11.5 Å². The Morgan fingerprint density at radius 1 is 0.938 bits per heavy atom. The highest BCUT2D eigenvalue weighted by Crippen LogP contribution is 2.29. The molecule has 3 rings (SSSR count). The number of hydrogen-bond acceptors (Lipinski definition) is 5. The Balaban J connectivity index is 1.96. The van der Waals surface area contributed by atoms with Gasteiger partial charge in [-0.2, -0.15) is 0 Å². The van der Waals surface area contributed by atoms with Gasteiger partial charge in [0.25, 0.3) is 10.0 Å². The Morgan fingerprint density at radius 3 is 2.25 bits per heavy atom. The molecule has 0 saturated heterocycles. The van der Waals surface area contributed by atoms with E-state index in [1.54, 1.807) is 30.3 Å². The summed E-state index contributed by atoms with van der Waals surface area (Å²) in [6.07, 6.45) is 0. The van der Waals surface area contributed by atoms with Crippen molar-refractivity contribution in [2.45, 2.75) is 4.90 Å². The standard InChI is InChI=1S/C22H20Cl2N2O5S/c1-30-18-7-9-19(10-8-18)32(28,29)26(17-5-3-4-15(23)12-17)14-22(27)25-20-13-16(24)6-11-21(20)31-2/h3-13H,14H2,1-2H3,(H,25,27). The van der Waals surface area contributed by atoms with Crippen molar-refractivity contribution in [2.24, 2.45) is 0 Å². The second-order valence-electron chi connectivity index (χ2n) is 6.56. The summed E-state index contributed by atoms with van der Waals surface area (Å²) in [5, 5.41) is 3.37. The average molecular weight is 495 g/mol. The first-order valence-electron chi connectivity index (χ1n) is 9.30. The zero-order chi connectivity index (χ0) is 23.3. The van der Waals surface area contributed by atoms with Crippen LogP contribution in [0.3, 0.4) is 0 Å². The Hall–Kier alpha value is -2.94. The van der Waals surface area contributed by atoms with E-state index in [1.165, 1.54) is 50.6 Å². The lowest BCUT2D eigenvalue weighted by atomic mass is 10.3. The molecule has 10 heteroatoms. The number of ether oxygens (including phenoxy) is 2. The number of anilines is 2. The van der Waals surface area contributed by atoms with E-state index in [0.29, 0.717) is 27.2 Å². The second kappa shape index (κ2) is 10.1. The molecule has 3 aromatic rings. The summed E-state index contributed by atoms with van der Waals surface area (Å²) in [4.78, 5) is 12.9. The third-order valence-electron chi connectivity index (χ3n) is 4.47. The van der Waals surface area contributed by atoms with Crippen molar-refractivity contribution in [2.75, 3.05) is 30.4 Å². The quantitative estimate of drug-likeness (QED) is 0.483. The number of carbonyl (C=O) groups excluding carboxylic acids is 1. The van der Waals surface area contributed by atoms with Gasteiger partial charge < -0.3 is 14.8 Å². The van der Waals surface area contributed by atoms with E-state index in [0.717, 1.165) is 4.31 Å². The second-order valence-corrected chi connectivity index (χ2v) is 9.30. The Labute approximate surface area is 196 Å². The first kappa shape index (κ1) is 23.7. The number of nitrogens with one attached hydrogen (secondary N) is 1. The van der Waals surface area contributed by atoms with Crippen LogP contribution in [0, 0.1) is 0 Å². The Morgan fingerprint density at radius 2 is 1.62 bits per heavy atom. The van der Waals surface area contributed by atoms with Gasteiger partial charge >= 0.3 is 0 Å². The maximum atomic E-state index is 13.4. The molecule has 0 aromatic heterocycles. The number of amides is 1. The van der Waals surface area contributed by atoms with Gasteiger partial charge in [0.1, 0.15) is 18.0 Å². The van der Waals surface area contributed by atoms with E-state index in [4.69, 9.17) is 32.7 Å².